The van der Waals surface area contributed by atoms with Crippen LogP contribution < -0.4 is 0 Å². The van der Waals surface area contributed by atoms with E-state index in [1.807, 2.05) is 0 Å². The third-order valence-corrected chi connectivity index (χ3v) is 10.3. The van der Waals surface area contributed by atoms with Crippen molar-refractivity contribution in [1.82, 2.24) is 0 Å². The fourth-order valence-electron chi connectivity index (χ4n) is 7.97. The lowest BCUT2D eigenvalue weighted by Crippen LogP contribution is -2.70. The van der Waals surface area contributed by atoms with E-state index < -0.39 is 75.0 Å². The lowest BCUT2D eigenvalue weighted by molar-refractivity contribution is -0.221. The first-order valence-corrected chi connectivity index (χ1v) is 13.3. The summed E-state index contributed by atoms with van der Waals surface area (Å²) < 4.78 is 57.5. The number of halogens is 3. The minimum absolute atomic E-state index is 0.00739. The van der Waals surface area contributed by atoms with Crippen LogP contribution in [-0.2, 0) is 14.3 Å². The number of aliphatic hydroxyl groups excluding tert-OH is 1. The Morgan fingerprint density at radius 2 is 2.00 bits per heavy atom. The van der Waals surface area contributed by atoms with Crippen LogP contribution in [0.1, 0.15) is 50.6 Å². The number of fused-ring (bicyclic) bond motifs is 5. The molecule has 0 spiro atoms. The molecule has 6 nitrogen and oxygen atoms in total. The summed E-state index contributed by atoms with van der Waals surface area (Å²) in [4.78, 5) is 38.7. The highest BCUT2D eigenvalue weighted by molar-refractivity contribution is 8.13. The summed E-state index contributed by atoms with van der Waals surface area (Å²) >= 11 is 0.352. The fourth-order valence-corrected chi connectivity index (χ4v) is 8.76. The molecule has 10 heteroatoms. The van der Waals surface area contributed by atoms with Crippen LogP contribution in [0.5, 0.6) is 0 Å². The van der Waals surface area contributed by atoms with Gasteiger partial charge in [-0.1, -0.05) is 19.9 Å². The average Bonchev–Trinajstić information content (AvgIpc) is 3.45. The van der Waals surface area contributed by atoms with E-state index in [1.165, 1.54) is 37.5 Å². The molecule has 37 heavy (non-hydrogen) atoms. The summed E-state index contributed by atoms with van der Waals surface area (Å²) in [7, 11) is 0. The number of ether oxygens (including phenoxy) is 1. The predicted octanol–water partition coefficient (Wildman–Crippen LogP) is 4.93. The Morgan fingerprint density at radius 1 is 1.27 bits per heavy atom. The number of allylic oxidation sites excluding steroid dienone is 4. The first-order chi connectivity index (χ1) is 17.4. The molecule has 3 unspecified atom stereocenters. The molecular formula is C27H29F3O6S. The Kier molecular flexibility index (Phi) is 6.10. The molecule has 9 atom stereocenters. The molecule has 200 valence electrons. The molecule has 0 amide bonds. The Labute approximate surface area is 216 Å². The van der Waals surface area contributed by atoms with Crippen LogP contribution in [0, 0.1) is 28.6 Å². The van der Waals surface area contributed by atoms with Crippen molar-refractivity contribution in [3.8, 4) is 0 Å². The molecule has 5 rings (SSSR count). The number of ketones is 1. The molecule has 0 aromatic carbocycles. The smallest absolute Gasteiger partial charge is 0.375 e. The number of hydrogen-bond donors (Lipinski definition) is 1. The number of thioether (sulfide) groups is 1. The minimum Gasteiger partial charge on any atom is -0.457 e. The molecule has 4 aliphatic carbocycles. The van der Waals surface area contributed by atoms with Gasteiger partial charge in [-0.15, -0.1) is 0 Å². The first-order valence-electron chi connectivity index (χ1n) is 12.3. The van der Waals surface area contributed by atoms with Crippen LogP contribution >= 0.6 is 11.8 Å². The van der Waals surface area contributed by atoms with Crippen molar-refractivity contribution >= 4 is 28.6 Å². The third kappa shape index (κ3) is 3.27. The Morgan fingerprint density at radius 3 is 2.65 bits per heavy atom. The van der Waals surface area contributed by atoms with E-state index in [9.17, 15) is 23.9 Å². The predicted molar refractivity (Wildman–Crippen MR) is 129 cm³/mol. The Balaban J connectivity index is 1.64. The molecule has 1 heterocycles. The van der Waals surface area contributed by atoms with Crippen molar-refractivity contribution in [3.63, 3.8) is 0 Å². The summed E-state index contributed by atoms with van der Waals surface area (Å²) in [6.07, 6.45) is 1.16. The zero-order chi connectivity index (χ0) is 27.0. The summed E-state index contributed by atoms with van der Waals surface area (Å²) in [6.45, 7) is 4.79. The number of alkyl halides is 3. The van der Waals surface area contributed by atoms with E-state index in [-0.39, 0.29) is 30.6 Å². The maximum atomic E-state index is 17.4. The van der Waals surface area contributed by atoms with Crippen molar-refractivity contribution in [2.24, 2.45) is 28.6 Å². The molecule has 0 saturated heterocycles. The molecule has 1 aromatic rings. The Bertz CT molecular complexity index is 1200. The summed E-state index contributed by atoms with van der Waals surface area (Å²) in [5.41, 5.74) is -7.19. The van der Waals surface area contributed by atoms with Crippen LogP contribution in [0.15, 0.2) is 46.6 Å². The zero-order valence-electron chi connectivity index (χ0n) is 20.7. The molecule has 3 saturated carbocycles. The van der Waals surface area contributed by atoms with Gasteiger partial charge in [0.05, 0.1) is 12.4 Å². The topological polar surface area (TPSA) is 93.8 Å². The van der Waals surface area contributed by atoms with E-state index in [4.69, 9.17) is 9.15 Å². The van der Waals surface area contributed by atoms with Gasteiger partial charge in [0, 0.05) is 22.7 Å². The van der Waals surface area contributed by atoms with Gasteiger partial charge in [0.25, 0.3) is 0 Å². The molecule has 1 N–H and O–H groups in total. The molecule has 0 bridgehead atoms. The van der Waals surface area contributed by atoms with E-state index in [2.05, 4.69) is 0 Å². The van der Waals surface area contributed by atoms with Gasteiger partial charge in [0.15, 0.2) is 17.1 Å². The monoisotopic (exact) mass is 538 g/mol. The number of rotatable bonds is 4. The highest BCUT2D eigenvalue weighted by Gasteiger charge is 2.78. The van der Waals surface area contributed by atoms with Crippen molar-refractivity contribution < 1.29 is 41.8 Å². The van der Waals surface area contributed by atoms with Gasteiger partial charge in [-0.05, 0) is 73.7 Å². The lowest BCUT2D eigenvalue weighted by atomic mass is 9.44. The summed E-state index contributed by atoms with van der Waals surface area (Å²) in [6, 6.07) is 1.78. The quantitative estimate of drug-likeness (QED) is 0.544. The van der Waals surface area contributed by atoms with Crippen molar-refractivity contribution in [2.75, 3.05) is 6.01 Å². The van der Waals surface area contributed by atoms with Crippen LogP contribution in [0.25, 0.3) is 0 Å². The molecule has 1 aromatic heterocycles. The Hall–Kier alpha value is -2.33. The second kappa shape index (κ2) is 8.59. The fraction of sp³-hybridized carbons (Fsp3) is 0.593. The van der Waals surface area contributed by atoms with Crippen LogP contribution in [0.2, 0.25) is 0 Å². The van der Waals surface area contributed by atoms with Gasteiger partial charge in [-0.25, -0.2) is 18.0 Å². The number of esters is 1. The number of carbonyl (C=O) groups is 3. The van der Waals surface area contributed by atoms with Gasteiger partial charge < -0.3 is 14.3 Å². The van der Waals surface area contributed by atoms with E-state index >= 15 is 8.78 Å². The maximum absolute atomic E-state index is 17.4. The molecule has 0 radical (unpaired) electrons. The zero-order valence-corrected chi connectivity index (χ0v) is 21.5. The second-order valence-corrected chi connectivity index (χ2v) is 12.0. The summed E-state index contributed by atoms with van der Waals surface area (Å²) in [5, 5.41) is 10.7. The van der Waals surface area contributed by atoms with Gasteiger partial charge in [0.2, 0.25) is 10.9 Å². The third-order valence-electron chi connectivity index (χ3n) is 9.63. The van der Waals surface area contributed by atoms with Gasteiger partial charge in [-0.3, -0.25) is 9.59 Å². The molecule has 3 fully saturated rings. The van der Waals surface area contributed by atoms with Crippen LogP contribution in [0.4, 0.5) is 13.2 Å². The second-order valence-electron chi connectivity index (χ2n) is 11.1. The number of carbonyl (C=O) groups excluding carboxylic acids is 3. The maximum Gasteiger partial charge on any atom is 0.375 e. The first kappa shape index (κ1) is 26.3. The van der Waals surface area contributed by atoms with Crippen molar-refractivity contribution in [1.29, 1.82) is 0 Å². The van der Waals surface area contributed by atoms with E-state index in [0.717, 1.165) is 6.08 Å². The lowest BCUT2D eigenvalue weighted by Gasteiger charge is -2.63. The van der Waals surface area contributed by atoms with Crippen molar-refractivity contribution in [3.05, 3.63) is 48.0 Å². The highest BCUT2D eigenvalue weighted by Crippen LogP contribution is 2.72. The van der Waals surface area contributed by atoms with E-state index in [1.54, 1.807) is 13.8 Å². The standard InChI is InChI=1S/C27H29F3O6S/c1-14-9-16-17-11-19(29)18-10-15(31)6-7-24(18,2)26(17,30)21(32)12-25(16,3)27(14,23(34)37-13-28)36-22(33)20-5-4-8-35-20/h4-8,10,14,16-17,19,21,32H,9,11-13H2,1-3H3/t14-,16?,17?,19+,21+,24+,25+,26?,27+/m1/s1. The molecule has 4 aliphatic rings. The number of aliphatic hydroxyl groups is 1. The van der Waals surface area contributed by atoms with Gasteiger partial charge >= 0.3 is 5.97 Å². The van der Waals surface area contributed by atoms with Gasteiger partial charge in [0.1, 0.15) is 12.2 Å². The largest absolute Gasteiger partial charge is 0.457 e. The van der Waals surface area contributed by atoms with Crippen LogP contribution in [-0.4, -0.2) is 51.5 Å². The highest BCUT2D eigenvalue weighted by atomic mass is 32.2. The molecule has 0 aliphatic heterocycles. The van der Waals surface area contributed by atoms with Gasteiger partial charge in [-0.2, -0.15) is 0 Å². The van der Waals surface area contributed by atoms with E-state index in [0.29, 0.717) is 11.8 Å². The minimum atomic E-state index is -2.35. The number of hydrogen-bond acceptors (Lipinski definition) is 7. The normalized spacial score (nSPS) is 44.5. The van der Waals surface area contributed by atoms with Crippen LogP contribution in [0.3, 0.4) is 0 Å². The average molecular weight is 539 g/mol. The number of furan rings is 1. The summed E-state index contributed by atoms with van der Waals surface area (Å²) in [5.74, 6) is -3.98. The SMILES string of the molecule is C[C@@H]1CC2C3C[C@H](F)C4=CC(=O)C=C[C@]4(C)C3(F)[C@@H](O)C[C@]2(C)[C@@]1(OC(=O)c1ccco1)C(=O)SCF. The van der Waals surface area contributed by atoms with Crippen molar-refractivity contribution in [2.45, 2.75) is 63.6 Å². The molecular weight excluding hydrogens is 509 g/mol.